The van der Waals surface area contributed by atoms with Gasteiger partial charge < -0.3 is 5.11 Å². The summed E-state index contributed by atoms with van der Waals surface area (Å²) in [5.74, 6) is 0.669. The van der Waals surface area contributed by atoms with E-state index in [0.29, 0.717) is 5.95 Å². The van der Waals surface area contributed by atoms with Gasteiger partial charge in [-0.05, 0) is 24.1 Å². The van der Waals surface area contributed by atoms with Crippen LogP contribution in [0.25, 0.3) is 27.8 Å². The summed E-state index contributed by atoms with van der Waals surface area (Å²) in [4.78, 5) is 8.91. The first-order valence-corrected chi connectivity index (χ1v) is 7.94. The van der Waals surface area contributed by atoms with Gasteiger partial charge in [-0.1, -0.05) is 48.6 Å². The third kappa shape index (κ3) is 2.37. The Morgan fingerprint density at radius 2 is 1.67 bits per heavy atom. The fourth-order valence-electron chi connectivity index (χ4n) is 3.15. The van der Waals surface area contributed by atoms with Gasteiger partial charge in [0.25, 0.3) is 0 Å². The van der Waals surface area contributed by atoms with Crippen LogP contribution in [0.4, 0.5) is 0 Å². The van der Waals surface area contributed by atoms with Crippen LogP contribution >= 0.6 is 0 Å². The molecular formula is C20H17N3O. The van der Waals surface area contributed by atoms with Crippen LogP contribution in [0.15, 0.2) is 73.1 Å². The summed E-state index contributed by atoms with van der Waals surface area (Å²) in [7, 11) is 0. The lowest BCUT2D eigenvalue weighted by molar-refractivity contribution is 0.342. The minimum absolute atomic E-state index is 0.0563. The Hall–Kier alpha value is -2.98. The van der Waals surface area contributed by atoms with Crippen LogP contribution in [0.3, 0.4) is 0 Å². The number of allylic oxidation sites excluding steroid dienone is 1. The van der Waals surface area contributed by atoms with Crippen LogP contribution in [0.5, 0.6) is 0 Å². The van der Waals surface area contributed by atoms with E-state index < -0.39 is 0 Å². The molecule has 2 heterocycles. The molecule has 0 unspecified atom stereocenters. The molecule has 4 rings (SSSR count). The number of aromatic nitrogens is 3. The van der Waals surface area contributed by atoms with Gasteiger partial charge in [0.2, 0.25) is 5.95 Å². The lowest BCUT2D eigenvalue weighted by Gasteiger charge is -2.08. The third-order valence-corrected chi connectivity index (χ3v) is 4.14. The number of fused-ring (bicyclic) bond motifs is 3. The second-order valence-electron chi connectivity index (χ2n) is 5.57. The van der Waals surface area contributed by atoms with Crippen molar-refractivity contribution in [3.63, 3.8) is 0 Å². The lowest BCUT2D eigenvalue weighted by Crippen LogP contribution is -2.01. The molecule has 0 fully saturated rings. The van der Waals surface area contributed by atoms with Crippen molar-refractivity contribution in [1.82, 2.24) is 14.5 Å². The Labute approximate surface area is 139 Å². The summed E-state index contributed by atoms with van der Waals surface area (Å²) < 4.78 is 2.12. The molecule has 118 valence electrons. The number of aliphatic hydroxyl groups is 1. The van der Waals surface area contributed by atoms with E-state index in [1.165, 1.54) is 16.3 Å². The molecule has 4 nitrogen and oxygen atoms in total. The number of benzene rings is 2. The number of hydrogen-bond acceptors (Lipinski definition) is 3. The summed E-state index contributed by atoms with van der Waals surface area (Å²) >= 11 is 0. The Balaban J connectivity index is 2.08. The zero-order valence-corrected chi connectivity index (χ0v) is 13.1. The molecule has 0 aliphatic carbocycles. The lowest BCUT2D eigenvalue weighted by atomic mass is 10.1. The Morgan fingerprint density at radius 1 is 0.875 bits per heavy atom. The molecular weight excluding hydrogens is 298 g/mol. The van der Waals surface area contributed by atoms with Crippen molar-refractivity contribution in [2.24, 2.45) is 0 Å². The smallest absolute Gasteiger partial charge is 0.234 e. The number of nitrogens with zero attached hydrogens (tertiary/aromatic N) is 3. The molecule has 0 aliphatic rings. The van der Waals surface area contributed by atoms with Gasteiger partial charge in [0, 0.05) is 23.2 Å². The second kappa shape index (κ2) is 6.26. The van der Waals surface area contributed by atoms with Crippen molar-refractivity contribution in [2.75, 3.05) is 6.61 Å². The van der Waals surface area contributed by atoms with Gasteiger partial charge in [0.1, 0.15) is 0 Å². The molecule has 0 saturated carbocycles. The van der Waals surface area contributed by atoms with Crippen molar-refractivity contribution in [2.45, 2.75) is 6.42 Å². The van der Waals surface area contributed by atoms with Crippen LogP contribution in [0, 0.1) is 0 Å². The summed E-state index contributed by atoms with van der Waals surface area (Å²) in [6.07, 6.45) is 8.03. The highest BCUT2D eigenvalue weighted by atomic mass is 16.2. The quantitative estimate of drug-likeness (QED) is 0.585. The number of hydrogen-bond donors (Lipinski definition) is 1. The molecule has 0 radical (unpaired) electrons. The average molecular weight is 315 g/mol. The molecule has 0 amide bonds. The number of aliphatic hydroxyl groups excluding tert-OH is 1. The van der Waals surface area contributed by atoms with Crippen molar-refractivity contribution in [3.05, 3.63) is 78.6 Å². The van der Waals surface area contributed by atoms with Crippen molar-refractivity contribution in [3.8, 4) is 5.95 Å². The number of rotatable bonds is 4. The van der Waals surface area contributed by atoms with E-state index in [2.05, 4.69) is 50.9 Å². The van der Waals surface area contributed by atoms with Gasteiger partial charge in [0.15, 0.2) is 0 Å². The fraction of sp³-hybridized carbons (Fsp3) is 0.100. The molecule has 0 aliphatic heterocycles. The predicted octanol–water partition coefficient (Wildman–Crippen LogP) is 3.66. The summed E-state index contributed by atoms with van der Waals surface area (Å²) in [5, 5.41) is 11.4. The monoisotopic (exact) mass is 315 g/mol. The molecule has 2 aromatic heterocycles. The van der Waals surface area contributed by atoms with E-state index in [9.17, 15) is 0 Å². The first-order chi connectivity index (χ1) is 11.9. The van der Waals surface area contributed by atoms with Crippen LogP contribution in [0.2, 0.25) is 0 Å². The Kier molecular flexibility index (Phi) is 3.81. The SMILES string of the molecule is OC/C=C/Cc1cccc2c3ccccc3n(-c3ncccn3)c12. The minimum Gasteiger partial charge on any atom is -0.392 e. The largest absolute Gasteiger partial charge is 0.392 e. The first kappa shape index (κ1) is 14.6. The Morgan fingerprint density at radius 3 is 2.50 bits per heavy atom. The molecule has 0 atom stereocenters. The summed E-state index contributed by atoms with van der Waals surface area (Å²) in [6, 6.07) is 16.5. The van der Waals surface area contributed by atoms with Crippen LogP contribution in [0.1, 0.15) is 5.56 Å². The van der Waals surface area contributed by atoms with E-state index >= 15 is 0 Å². The van der Waals surface area contributed by atoms with Gasteiger partial charge >= 0.3 is 0 Å². The van der Waals surface area contributed by atoms with Gasteiger partial charge in [0.05, 0.1) is 17.6 Å². The van der Waals surface area contributed by atoms with E-state index in [0.717, 1.165) is 17.5 Å². The topological polar surface area (TPSA) is 50.9 Å². The molecule has 0 bridgehead atoms. The highest BCUT2D eigenvalue weighted by Crippen LogP contribution is 2.33. The van der Waals surface area contributed by atoms with E-state index in [4.69, 9.17) is 5.11 Å². The van der Waals surface area contributed by atoms with Crippen LogP contribution in [-0.2, 0) is 6.42 Å². The van der Waals surface area contributed by atoms with E-state index in [-0.39, 0.29) is 6.61 Å². The number of para-hydroxylation sites is 2. The molecule has 0 spiro atoms. The average Bonchev–Trinajstić information content (AvgIpc) is 2.98. The van der Waals surface area contributed by atoms with Gasteiger partial charge in [-0.25, -0.2) is 9.97 Å². The predicted molar refractivity (Wildman–Crippen MR) is 96.3 cm³/mol. The highest BCUT2D eigenvalue weighted by Gasteiger charge is 2.15. The van der Waals surface area contributed by atoms with Gasteiger partial charge in [-0.2, -0.15) is 0 Å². The van der Waals surface area contributed by atoms with Crippen LogP contribution in [-0.4, -0.2) is 26.2 Å². The van der Waals surface area contributed by atoms with Crippen molar-refractivity contribution < 1.29 is 5.11 Å². The standard InChI is InChI=1S/C20H17N3O/c24-14-4-3-7-15-8-5-10-17-16-9-1-2-11-18(16)23(19(15)17)20-21-12-6-13-22-20/h1-6,8-13,24H,7,14H2/b4-3+. The van der Waals surface area contributed by atoms with Crippen molar-refractivity contribution in [1.29, 1.82) is 0 Å². The molecule has 0 saturated heterocycles. The zero-order chi connectivity index (χ0) is 16.4. The van der Waals surface area contributed by atoms with Crippen molar-refractivity contribution >= 4 is 21.8 Å². The summed E-state index contributed by atoms with van der Waals surface area (Å²) in [6.45, 7) is 0.0563. The fourth-order valence-corrected chi connectivity index (χ4v) is 3.15. The maximum atomic E-state index is 8.99. The maximum Gasteiger partial charge on any atom is 0.234 e. The van der Waals surface area contributed by atoms with Gasteiger partial charge in [-0.3, -0.25) is 4.57 Å². The maximum absolute atomic E-state index is 8.99. The van der Waals surface area contributed by atoms with Gasteiger partial charge in [-0.15, -0.1) is 0 Å². The Bertz CT molecular complexity index is 1020. The summed E-state index contributed by atoms with van der Waals surface area (Å²) in [5.41, 5.74) is 3.39. The highest BCUT2D eigenvalue weighted by molar-refractivity contribution is 6.10. The molecule has 24 heavy (non-hydrogen) atoms. The zero-order valence-electron chi connectivity index (χ0n) is 13.1. The minimum atomic E-state index is 0.0563. The third-order valence-electron chi connectivity index (χ3n) is 4.14. The molecule has 4 aromatic rings. The van der Waals surface area contributed by atoms with E-state index in [1.807, 2.05) is 18.2 Å². The molecule has 2 aromatic carbocycles. The molecule has 1 N–H and O–H groups in total. The first-order valence-electron chi connectivity index (χ1n) is 7.94. The van der Waals surface area contributed by atoms with E-state index in [1.54, 1.807) is 18.5 Å². The second-order valence-corrected chi connectivity index (χ2v) is 5.57. The normalized spacial score (nSPS) is 11.7. The van der Waals surface area contributed by atoms with Crippen LogP contribution < -0.4 is 0 Å². The molecule has 4 heteroatoms.